The third-order valence-electron chi connectivity index (χ3n) is 5.12. The molecule has 3 fully saturated rings. The van der Waals surface area contributed by atoms with Crippen LogP contribution in [0.3, 0.4) is 0 Å². The van der Waals surface area contributed by atoms with E-state index in [0.717, 1.165) is 24.9 Å². The van der Waals surface area contributed by atoms with E-state index in [1.807, 2.05) is 0 Å². The van der Waals surface area contributed by atoms with Gasteiger partial charge in [-0.3, -0.25) is 0 Å². The van der Waals surface area contributed by atoms with Crippen LogP contribution in [-0.4, -0.2) is 56.0 Å². The van der Waals surface area contributed by atoms with Crippen molar-refractivity contribution in [3.8, 4) is 0 Å². The van der Waals surface area contributed by atoms with E-state index in [4.69, 9.17) is 0 Å². The lowest BCUT2D eigenvalue weighted by Crippen LogP contribution is -2.51. The van der Waals surface area contributed by atoms with Crippen LogP contribution < -0.4 is 5.32 Å². The van der Waals surface area contributed by atoms with Crippen LogP contribution in [0, 0.1) is 0 Å². The molecule has 1 N–H and O–H groups in total. The lowest BCUT2D eigenvalue weighted by molar-refractivity contribution is 0.142. The fourth-order valence-corrected chi connectivity index (χ4v) is 5.43. The maximum Gasteiger partial charge on any atom is 0.150 e. The molecule has 0 aliphatic carbocycles. The van der Waals surface area contributed by atoms with Crippen LogP contribution >= 0.6 is 0 Å². The topological polar surface area (TPSA) is 49.4 Å². The van der Waals surface area contributed by atoms with Gasteiger partial charge in [0.25, 0.3) is 0 Å². The van der Waals surface area contributed by atoms with Crippen molar-refractivity contribution in [2.75, 3.05) is 18.6 Å². The van der Waals surface area contributed by atoms with E-state index in [2.05, 4.69) is 17.3 Å². The molecule has 0 amide bonds. The number of rotatable bonds is 2. The highest BCUT2D eigenvalue weighted by atomic mass is 32.2. The Balaban J connectivity index is 1.53. The van der Waals surface area contributed by atoms with Crippen LogP contribution in [0.15, 0.2) is 0 Å². The Morgan fingerprint density at radius 1 is 0.944 bits per heavy atom. The van der Waals surface area contributed by atoms with Crippen molar-refractivity contribution in [1.82, 2.24) is 10.2 Å². The molecule has 0 radical (unpaired) electrons. The summed E-state index contributed by atoms with van der Waals surface area (Å²) in [5.74, 6) is 0.758. The van der Waals surface area contributed by atoms with E-state index in [1.165, 1.54) is 25.7 Å². The predicted octanol–water partition coefficient (Wildman–Crippen LogP) is 0.778. The molecule has 3 aliphatic rings. The van der Waals surface area contributed by atoms with E-state index in [9.17, 15) is 8.42 Å². The highest BCUT2D eigenvalue weighted by molar-refractivity contribution is 7.91. The molecule has 2 unspecified atom stereocenters. The molecule has 2 bridgehead atoms. The molecule has 3 rings (SSSR count). The molecule has 4 nitrogen and oxygen atoms in total. The lowest BCUT2D eigenvalue weighted by atomic mass is 9.96. The summed E-state index contributed by atoms with van der Waals surface area (Å²) in [7, 11) is -0.467. The Hall–Kier alpha value is -0.130. The average Bonchev–Trinajstić information content (AvgIpc) is 2.55. The highest BCUT2D eigenvalue weighted by Gasteiger charge is 2.39. The molecule has 104 valence electrons. The first-order valence-corrected chi connectivity index (χ1v) is 9.04. The van der Waals surface area contributed by atoms with Gasteiger partial charge in [-0.15, -0.1) is 0 Å². The SMILES string of the molecule is CN1C2CCC1CC(NC1CCS(=O)(=O)CC1)C2. The molecular weight excluding hydrogens is 248 g/mol. The third-order valence-corrected chi connectivity index (χ3v) is 6.84. The van der Waals surface area contributed by atoms with E-state index in [-0.39, 0.29) is 0 Å². The van der Waals surface area contributed by atoms with Gasteiger partial charge in [0.05, 0.1) is 11.5 Å². The molecule has 3 heterocycles. The van der Waals surface area contributed by atoms with Crippen LogP contribution in [0.5, 0.6) is 0 Å². The molecule has 0 spiro atoms. The minimum atomic E-state index is -2.72. The minimum Gasteiger partial charge on any atom is -0.311 e. The summed E-state index contributed by atoms with van der Waals surface area (Å²) in [5, 5.41) is 3.73. The Kier molecular flexibility index (Phi) is 3.41. The quantitative estimate of drug-likeness (QED) is 0.807. The van der Waals surface area contributed by atoms with Crippen molar-refractivity contribution in [3.63, 3.8) is 0 Å². The Labute approximate surface area is 110 Å². The van der Waals surface area contributed by atoms with Crippen molar-refractivity contribution in [2.45, 2.75) is 62.7 Å². The molecule has 2 atom stereocenters. The summed E-state index contributed by atoms with van der Waals surface area (Å²) in [5.41, 5.74) is 0. The number of hydrogen-bond donors (Lipinski definition) is 1. The van der Waals surface area contributed by atoms with Crippen molar-refractivity contribution >= 4 is 9.84 Å². The van der Waals surface area contributed by atoms with Gasteiger partial charge >= 0.3 is 0 Å². The Bertz CT molecular complexity index is 381. The van der Waals surface area contributed by atoms with Gasteiger partial charge in [-0.1, -0.05) is 0 Å². The Morgan fingerprint density at radius 2 is 1.50 bits per heavy atom. The smallest absolute Gasteiger partial charge is 0.150 e. The fourth-order valence-electron chi connectivity index (χ4n) is 3.94. The zero-order chi connectivity index (χ0) is 12.8. The van der Waals surface area contributed by atoms with Crippen LogP contribution in [0.2, 0.25) is 0 Å². The molecule has 0 saturated carbocycles. The molecule has 3 aliphatic heterocycles. The first kappa shape index (κ1) is 12.9. The summed E-state index contributed by atoms with van der Waals surface area (Å²) >= 11 is 0. The summed E-state index contributed by atoms with van der Waals surface area (Å²) in [6.07, 6.45) is 6.80. The summed E-state index contributed by atoms with van der Waals surface area (Å²) in [6, 6.07) is 2.56. The van der Waals surface area contributed by atoms with E-state index < -0.39 is 9.84 Å². The molecule has 0 aromatic heterocycles. The molecule has 5 heteroatoms. The zero-order valence-corrected chi connectivity index (χ0v) is 12.0. The van der Waals surface area contributed by atoms with Crippen molar-refractivity contribution in [1.29, 1.82) is 0 Å². The Morgan fingerprint density at radius 3 is 2.06 bits per heavy atom. The molecule has 18 heavy (non-hydrogen) atoms. The molecular formula is C13H24N2O2S. The summed E-state index contributed by atoms with van der Waals surface area (Å²) < 4.78 is 22.8. The number of nitrogens with one attached hydrogen (secondary N) is 1. The minimum absolute atomic E-state index is 0.379. The van der Waals surface area contributed by atoms with E-state index >= 15 is 0 Å². The monoisotopic (exact) mass is 272 g/mol. The van der Waals surface area contributed by atoms with Crippen LogP contribution in [0.1, 0.15) is 38.5 Å². The first-order chi connectivity index (χ1) is 8.53. The maximum atomic E-state index is 11.4. The van der Waals surface area contributed by atoms with E-state index in [0.29, 0.717) is 23.6 Å². The van der Waals surface area contributed by atoms with Gasteiger partial charge < -0.3 is 10.2 Å². The molecule has 0 aromatic rings. The summed E-state index contributed by atoms with van der Waals surface area (Å²) in [6.45, 7) is 0. The van der Waals surface area contributed by atoms with Gasteiger partial charge in [0, 0.05) is 24.2 Å². The number of hydrogen-bond acceptors (Lipinski definition) is 4. The van der Waals surface area contributed by atoms with Gasteiger partial charge in [-0.05, 0) is 45.6 Å². The van der Waals surface area contributed by atoms with Gasteiger partial charge in [-0.25, -0.2) is 8.42 Å². The van der Waals surface area contributed by atoms with Crippen molar-refractivity contribution in [2.24, 2.45) is 0 Å². The number of sulfone groups is 1. The maximum absolute atomic E-state index is 11.4. The van der Waals surface area contributed by atoms with Gasteiger partial charge in [0.2, 0.25) is 0 Å². The fraction of sp³-hybridized carbons (Fsp3) is 1.00. The number of nitrogens with zero attached hydrogens (tertiary/aromatic N) is 1. The second-order valence-electron chi connectivity index (χ2n) is 6.31. The second-order valence-corrected chi connectivity index (χ2v) is 8.62. The zero-order valence-electron chi connectivity index (χ0n) is 11.1. The molecule has 3 saturated heterocycles. The van der Waals surface area contributed by atoms with Crippen LogP contribution in [0.4, 0.5) is 0 Å². The average molecular weight is 272 g/mol. The summed E-state index contributed by atoms with van der Waals surface area (Å²) in [4.78, 5) is 2.55. The lowest BCUT2D eigenvalue weighted by Gasteiger charge is -2.39. The standard InChI is InChI=1S/C13H24N2O2S/c1-15-12-2-3-13(15)9-11(8-12)14-10-4-6-18(16,17)7-5-10/h10-14H,2-9H2,1H3. The molecule has 0 aromatic carbocycles. The van der Waals surface area contributed by atoms with Crippen molar-refractivity contribution < 1.29 is 8.42 Å². The largest absolute Gasteiger partial charge is 0.311 e. The predicted molar refractivity (Wildman–Crippen MR) is 72.4 cm³/mol. The van der Waals surface area contributed by atoms with Crippen LogP contribution in [0.25, 0.3) is 0 Å². The second kappa shape index (κ2) is 4.76. The third kappa shape index (κ3) is 2.58. The number of fused-ring (bicyclic) bond motifs is 2. The van der Waals surface area contributed by atoms with Crippen LogP contribution in [-0.2, 0) is 9.84 Å². The van der Waals surface area contributed by atoms with E-state index in [1.54, 1.807) is 0 Å². The number of piperidine rings is 1. The normalized spacial score (nSPS) is 41.1. The van der Waals surface area contributed by atoms with Gasteiger partial charge in [0.15, 0.2) is 0 Å². The first-order valence-electron chi connectivity index (χ1n) is 7.22. The van der Waals surface area contributed by atoms with Gasteiger partial charge in [0.1, 0.15) is 9.84 Å². The van der Waals surface area contributed by atoms with Gasteiger partial charge in [-0.2, -0.15) is 0 Å². The highest BCUT2D eigenvalue weighted by Crippen LogP contribution is 2.34. The van der Waals surface area contributed by atoms with Crippen molar-refractivity contribution in [3.05, 3.63) is 0 Å².